The van der Waals surface area contributed by atoms with Crippen molar-refractivity contribution in [3.8, 4) is 11.3 Å². The molecule has 0 aliphatic carbocycles. The van der Waals surface area contributed by atoms with Crippen LogP contribution in [0.1, 0.15) is 13.8 Å². The molecule has 2 aromatic rings. The Morgan fingerprint density at radius 2 is 2.00 bits per heavy atom. The lowest BCUT2D eigenvalue weighted by Gasteiger charge is -2.12. The molecule has 0 bridgehead atoms. The molecule has 0 fully saturated rings. The SMILES string of the molecule is CCOP(=O)(C[n+]1ccc(-c2ccncn2)cn1)OCC. The van der Waals surface area contributed by atoms with Crippen LogP contribution >= 0.6 is 7.60 Å². The zero-order chi connectivity index (χ0) is 15.1. The summed E-state index contributed by atoms with van der Waals surface area (Å²) in [6.07, 6.45) is 6.61. The summed E-state index contributed by atoms with van der Waals surface area (Å²) >= 11 is 0. The highest BCUT2D eigenvalue weighted by Crippen LogP contribution is 2.47. The van der Waals surface area contributed by atoms with Gasteiger partial charge in [-0.15, -0.1) is 0 Å². The predicted molar refractivity (Wildman–Crippen MR) is 76.3 cm³/mol. The molecule has 21 heavy (non-hydrogen) atoms. The smallest absolute Gasteiger partial charge is 0.304 e. The van der Waals surface area contributed by atoms with Crippen molar-refractivity contribution < 1.29 is 18.3 Å². The molecule has 2 rings (SSSR count). The van der Waals surface area contributed by atoms with Crippen molar-refractivity contribution in [1.29, 1.82) is 0 Å². The molecule has 0 atom stereocenters. The number of aromatic nitrogens is 4. The molecule has 0 amide bonds. The van der Waals surface area contributed by atoms with E-state index in [1.807, 2.05) is 6.07 Å². The lowest BCUT2D eigenvalue weighted by molar-refractivity contribution is -0.738. The molecule has 8 heteroatoms. The molecular formula is C13H18N4O3P+. The second-order valence-electron chi connectivity index (χ2n) is 4.14. The third-order valence-electron chi connectivity index (χ3n) is 2.62. The third kappa shape index (κ3) is 4.39. The van der Waals surface area contributed by atoms with Crippen LogP contribution in [0.2, 0.25) is 0 Å². The maximum absolute atomic E-state index is 12.4. The molecule has 2 aromatic heterocycles. The fraction of sp³-hybridized carbons (Fsp3) is 0.385. The van der Waals surface area contributed by atoms with Gasteiger partial charge in [0.15, 0.2) is 6.20 Å². The lowest BCUT2D eigenvalue weighted by atomic mass is 10.2. The van der Waals surface area contributed by atoms with Crippen LogP contribution in [0.5, 0.6) is 0 Å². The van der Waals surface area contributed by atoms with Gasteiger partial charge in [0.2, 0.25) is 0 Å². The predicted octanol–water partition coefficient (Wildman–Crippen LogP) is 2.05. The largest absolute Gasteiger partial charge is 0.397 e. The van der Waals surface area contributed by atoms with Gasteiger partial charge in [0.1, 0.15) is 12.5 Å². The van der Waals surface area contributed by atoms with Crippen LogP contribution in [-0.2, 0) is 19.9 Å². The first kappa shape index (κ1) is 15.7. The summed E-state index contributed by atoms with van der Waals surface area (Å²) in [4.78, 5) is 8.02. The van der Waals surface area contributed by atoms with Crippen molar-refractivity contribution in [2.45, 2.75) is 20.1 Å². The maximum atomic E-state index is 12.4. The van der Waals surface area contributed by atoms with Gasteiger partial charge in [0, 0.05) is 17.8 Å². The first-order valence-electron chi connectivity index (χ1n) is 6.67. The number of hydrogen-bond acceptors (Lipinski definition) is 6. The lowest BCUT2D eigenvalue weighted by Crippen LogP contribution is -2.37. The van der Waals surface area contributed by atoms with Crippen LogP contribution < -0.4 is 4.68 Å². The van der Waals surface area contributed by atoms with Gasteiger partial charge in [-0.3, -0.25) is 4.57 Å². The highest BCUT2D eigenvalue weighted by atomic mass is 31.2. The van der Waals surface area contributed by atoms with Gasteiger partial charge in [-0.05, 0) is 25.0 Å². The standard InChI is InChI=1S/C13H18N4O3P/c1-3-19-21(18,20-4-2)11-17-8-6-12(9-16-17)13-5-7-14-10-15-13/h5-10H,3-4,11H2,1-2H3/q+1. The Balaban J connectivity index is 2.13. The summed E-state index contributed by atoms with van der Waals surface area (Å²) in [6.45, 7) is 4.22. The van der Waals surface area contributed by atoms with Gasteiger partial charge in [0.05, 0.1) is 18.9 Å². The van der Waals surface area contributed by atoms with E-state index in [1.165, 1.54) is 11.0 Å². The zero-order valence-electron chi connectivity index (χ0n) is 12.0. The number of rotatable bonds is 7. The Labute approximate surface area is 123 Å². The highest BCUT2D eigenvalue weighted by molar-refractivity contribution is 7.52. The summed E-state index contributed by atoms with van der Waals surface area (Å²) < 4.78 is 24.4. The van der Waals surface area contributed by atoms with E-state index in [0.717, 1.165) is 11.3 Å². The fourth-order valence-electron chi connectivity index (χ4n) is 1.77. The fourth-order valence-corrected chi connectivity index (χ4v) is 3.32. The van der Waals surface area contributed by atoms with E-state index in [9.17, 15) is 4.57 Å². The summed E-state index contributed by atoms with van der Waals surface area (Å²) in [6, 6.07) is 3.64. The molecule has 0 unspecified atom stereocenters. The van der Waals surface area contributed by atoms with Crippen molar-refractivity contribution in [3.63, 3.8) is 0 Å². The van der Waals surface area contributed by atoms with Gasteiger partial charge >= 0.3 is 7.60 Å². The van der Waals surface area contributed by atoms with Gasteiger partial charge < -0.3 is 9.05 Å². The molecule has 7 nitrogen and oxygen atoms in total. The normalized spacial score (nSPS) is 11.5. The molecular weight excluding hydrogens is 291 g/mol. The van der Waals surface area contributed by atoms with E-state index in [-0.39, 0.29) is 6.29 Å². The first-order valence-corrected chi connectivity index (χ1v) is 8.40. The summed E-state index contributed by atoms with van der Waals surface area (Å²) in [7, 11) is -3.15. The van der Waals surface area contributed by atoms with E-state index in [0.29, 0.717) is 13.2 Å². The van der Waals surface area contributed by atoms with Crippen LogP contribution in [0.4, 0.5) is 0 Å². The first-order chi connectivity index (χ1) is 10.2. The monoisotopic (exact) mass is 309 g/mol. The van der Waals surface area contributed by atoms with Gasteiger partial charge in [-0.25, -0.2) is 9.97 Å². The average Bonchev–Trinajstić information content (AvgIpc) is 2.49. The number of nitrogens with zero attached hydrogens (tertiary/aromatic N) is 4. The minimum Gasteiger partial charge on any atom is -0.304 e. The molecule has 0 saturated carbocycles. The van der Waals surface area contributed by atoms with Crippen LogP contribution in [0, 0.1) is 0 Å². The van der Waals surface area contributed by atoms with Crippen LogP contribution in [0.3, 0.4) is 0 Å². The molecule has 112 valence electrons. The van der Waals surface area contributed by atoms with Crippen LogP contribution in [0.15, 0.2) is 37.1 Å². The molecule has 0 aliphatic heterocycles. The van der Waals surface area contributed by atoms with Gasteiger partial charge in [-0.2, -0.15) is 0 Å². The summed E-state index contributed by atoms with van der Waals surface area (Å²) in [5, 5.41) is 4.23. The number of hydrogen-bond donors (Lipinski definition) is 0. The molecule has 2 heterocycles. The van der Waals surface area contributed by atoms with Crippen molar-refractivity contribution in [1.82, 2.24) is 15.1 Å². The molecule has 0 N–H and O–H groups in total. The maximum Gasteiger partial charge on any atom is 0.397 e. The minimum atomic E-state index is -3.15. The second kappa shape index (κ2) is 7.36. The van der Waals surface area contributed by atoms with Crippen molar-refractivity contribution >= 4 is 7.60 Å². The third-order valence-corrected chi connectivity index (χ3v) is 4.56. The van der Waals surface area contributed by atoms with Crippen molar-refractivity contribution in [2.75, 3.05) is 13.2 Å². The summed E-state index contributed by atoms with van der Waals surface area (Å²) in [5.41, 5.74) is 1.64. The Morgan fingerprint density at radius 1 is 1.24 bits per heavy atom. The van der Waals surface area contributed by atoms with Gasteiger partial charge in [0.25, 0.3) is 6.29 Å². The second-order valence-corrected chi connectivity index (χ2v) is 6.16. The Kier molecular flexibility index (Phi) is 5.50. The van der Waals surface area contributed by atoms with Crippen LogP contribution in [-0.4, -0.2) is 28.3 Å². The summed E-state index contributed by atoms with van der Waals surface area (Å²) in [5.74, 6) is 0. The molecule has 0 saturated heterocycles. The Bertz CT molecular complexity index is 597. The quantitative estimate of drug-likeness (QED) is 0.575. The highest BCUT2D eigenvalue weighted by Gasteiger charge is 2.30. The Morgan fingerprint density at radius 3 is 2.52 bits per heavy atom. The topological polar surface area (TPSA) is 78.1 Å². The van der Waals surface area contributed by atoms with Crippen molar-refractivity contribution in [3.05, 3.63) is 37.1 Å². The molecule has 0 aromatic carbocycles. The van der Waals surface area contributed by atoms with E-state index in [2.05, 4.69) is 15.1 Å². The minimum absolute atomic E-state index is 0.0821. The van der Waals surface area contributed by atoms with E-state index in [1.54, 1.807) is 38.5 Å². The molecule has 0 radical (unpaired) electrons. The van der Waals surface area contributed by atoms with Gasteiger partial charge in [-0.1, -0.05) is 4.68 Å². The van der Waals surface area contributed by atoms with Crippen LogP contribution in [0.25, 0.3) is 11.3 Å². The molecule has 0 aliphatic rings. The van der Waals surface area contributed by atoms with E-state index >= 15 is 0 Å². The zero-order valence-corrected chi connectivity index (χ0v) is 12.9. The molecule has 0 spiro atoms. The Hall–Kier alpha value is -1.69. The van der Waals surface area contributed by atoms with E-state index in [4.69, 9.17) is 9.05 Å². The average molecular weight is 309 g/mol. The van der Waals surface area contributed by atoms with Crippen molar-refractivity contribution in [2.24, 2.45) is 0 Å². The van der Waals surface area contributed by atoms with E-state index < -0.39 is 7.60 Å².